The lowest BCUT2D eigenvalue weighted by molar-refractivity contribution is -0.186. The van der Waals surface area contributed by atoms with E-state index in [1.165, 1.54) is 6.08 Å². The number of allylic oxidation sites excluding steroid dienone is 4. The second kappa shape index (κ2) is 7.56. The molecule has 0 aliphatic carbocycles. The summed E-state index contributed by atoms with van der Waals surface area (Å²) in [5, 5.41) is 10.4. The van der Waals surface area contributed by atoms with E-state index in [0.29, 0.717) is 12.1 Å². The van der Waals surface area contributed by atoms with Gasteiger partial charge in [-0.25, -0.2) is 5.26 Å². The zero-order valence-electron chi connectivity index (χ0n) is 6.73. The molecule has 0 saturated heterocycles. The lowest BCUT2D eigenvalue weighted by Gasteiger charge is -1.95. The molecule has 0 aromatic rings. The summed E-state index contributed by atoms with van der Waals surface area (Å²) in [4.78, 5) is 13.7. The molecule has 4 heteroatoms. The minimum absolute atomic E-state index is 0.525. The Labute approximate surface area is 70.8 Å². The molecule has 1 amide bonds. The third-order valence-electron chi connectivity index (χ3n) is 1.00. The van der Waals surface area contributed by atoms with Crippen molar-refractivity contribution in [3.63, 3.8) is 0 Å². The van der Waals surface area contributed by atoms with Crippen LogP contribution >= 0.6 is 0 Å². The molecular weight excluding hydrogens is 158 g/mol. The van der Waals surface area contributed by atoms with Gasteiger partial charge in [0.2, 0.25) is 6.41 Å². The number of amides is 1. The summed E-state index contributed by atoms with van der Waals surface area (Å²) in [5.41, 5.74) is 0.525. The molecule has 0 radical (unpaired) electrons. The van der Waals surface area contributed by atoms with Crippen LogP contribution in [0.15, 0.2) is 36.3 Å². The maximum absolute atomic E-state index is 10.0. The van der Waals surface area contributed by atoms with Gasteiger partial charge >= 0.3 is 0 Å². The highest BCUT2D eigenvalue weighted by Gasteiger charge is 1.85. The first-order valence-electron chi connectivity index (χ1n) is 3.35. The summed E-state index contributed by atoms with van der Waals surface area (Å²) in [5.74, 6) is 0. The molecule has 0 aliphatic heterocycles. The van der Waals surface area contributed by atoms with Crippen molar-refractivity contribution in [1.82, 2.24) is 5.32 Å². The Morgan fingerprint density at radius 1 is 1.58 bits per heavy atom. The number of rotatable bonds is 5. The van der Waals surface area contributed by atoms with Crippen LogP contribution in [0.5, 0.6) is 0 Å². The summed E-state index contributed by atoms with van der Waals surface area (Å²) in [6.45, 7) is 1.85. The van der Waals surface area contributed by atoms with Crippen LogP contribution < -0.4 is 5.32 Å². The highest BCUT2D eigenvalue weighted by atomic mass is 17.1. The molecule has 12 heavy (non-hydrogen) atoms. The quantitative estimate of drug-likeness (QED) is 0.214. The topological polar surface area (TPSA) is 58.6 Å². The van der Waals surface area contributed by atoms with Gasteiger partial charge in [0.1, 0.15) is 6.26 Å². The maximum Gasteiger partial charge on any atom is 0.211 e. The van der Waals surface area contributed by atoms with Crippen molar-refractivity contribution < 1.29 is 14.9 Å². The van der Waals surface area contributed by atoms with E-state index in [9.17, 15) is 4.79 Å². The summed E-state index contributed by atoms with van der Waals surface area (Å²) in [7, 11) is 0. The summed E-state index contributed by atoms with van der Waals surface area (Å²) in [6.07, 6.45) is 8.20. The molecule has 0 rings (SSSR count). The molecular formula is C8H11NO3. The van der Waals surface area contributed by atoms with Crippen molar-refractivity contribution in [2.45, 2.75) is 6.92 Å². The third kappa shape index (κ3) is 5.25. The van der Waals surface area contributed by atoms with E-state index in [-0.39, 0.29) is 0 Å². The Kier molecular flexibility index (Phi) is 6.58. The van der Waals surface area contributed by atoms with E-state index >= 15 is 0 Å². The van der Waals surface area contributed by atoms with Gasteiger partial charge < -0.3 is 10.2 Å². The standard InChI is InChI=1S/C8H11NO3/c1-2-3-4-8(9-7-10)5-6-12-11/h2-7,11H,1H3,(H,9,10)/b3-2+,6-5-,8-4+. The monoisotopic (exact) mass is 169 g/mol. The minimum Gasteiger partial charge on any atom is -0.348 e. The van der Waals surface area contributed by atoms with E-state index in [2.05, 4.69) is 10.2 Å². The first-order chi connectivity index (χ1) is 5.85. The summed E-state index contributed by atoms with van der Waals surface area (Å²) in [6, 6.07) is 0. The molecule has 0 bridgehead atoms. The van der Waals surface area contributed by atoms with Crippen LogP contribution in [0, 0.1) is 0 Å². The van der Waals surface area contributed by atoms with E-state index in [1.807, 2.05) is 6.92 Å². The second-order valence-electron chi connectivity index (χ2n) is 1.82. The fraction of sp³-hybridized carbons (Fsp3) is 0.125. The van der Waals surface area contributed by atoms with Gasteiger partial charge in [-0.1, -0.05) is 12.2 Å². The van der Waals surface area contributed by atoms with Gasteiger partial charge in [0.15, 0.2) is 0 Å². The molecule has 0 aliphatic rings. The molecule has 0 atom stereocenters. The predicted molar refractivity (Wildman–Crippen MR) is 45.0 cm³/mol. The van der Waals surface area contributed by atoms with Crippen molar-refractivity contribution >= 4 is 6.41 Å². The number of carbonyl (C=O) groups excluding carboxylic acids is 1. The minimum atomic E-state index is 0.525. The number of carbonyl (C=O) groups is 1. The van der Waals surface area contributed by atoms with Gasteiger partial charge in [-0.2, -0.15) is 0 Å². The Hall–Kier alpha value is -1.55. The number of nitrogens with one attached hydrogen (secondary N) is 1. The van der Waals surface area contributed by atoms with Gasteiger partial charge in [-0.05, 0) is 13.0 Å². The van der Waals surface area contributed by atoms with Crippen LogP contribution in [0.3, 0.4) is 0 Å². The average Bonchev–Trinajstić information content (AvgIpc) is 2.10. The first-order valence-corrected chi connectivity index (χ1v) is 3.35. The molecule has 66 valence electrons. The highest BCUT2D eigenvalue weighted by Crippen LogP contribution is 1.91. The highest BCUT2D eigenvalue weighted by molar-refractivity contribution is 5.52. The SMILES string of the molecule is C/C=C/C=C(\C=C/OO)NC=O. The van der Waals surface area contributed by atoms with Crippen molar-refractivity contribution in [3.05, 3.63) is 36.3 Å². The molecule has 0 heterocycles. The molecule has 0 unspecified atom stereocenters. The van der Waals surface area contributed by atoms with Crippen molar-refractivity contribution in [2.75, 3.05) is 0 Å². The smallest absolute Gasteiger partial charge is 0.211 e. The van der Waals surface area contributed by atoms with Crippen LogP contribution in [0.25, 0.3) is 0 Å². The van der Waals surface area contributed by atoms with Crippen LogP contribution in [0.4, 0.5) is 0 Å². The molecule has 0 saturated carbocycles. The predicted octanol–water partition coefficient (Wildman–Crippen LogP) is 1.20. The summed E-state index contributed by atoms with van der Waals surface area (Å²) < 4.78 is 0. The zero-order chi connectivity index (χ0) is 9.23. The van der Waals surface area contributed by atoms with E-state index < -0.39 is 0 Å². The van der Waals surface area contributed by atoms with Crippen LogP contribution in [0.1, 0.15) is 6.92 Å². The molecule has 2 N–H and O–H groups in total. The molecule has 0 aromatic carbocycles. The van der Waals surface area contributed by atoms with Crippen molar-refractivity contribution in [1.29, 1.82) is 0 Å². The Bertz CT molecular complexity index is 206. The number of hydrogen-bond donors (Lipinski definition) is 2. The van der Waals surface area contributed by atoms with Crippen LogP contribution in [-0.4, -0.2) is 11.7 Å². The van der Waals surface area contributed by atoms with Gasteiger partial charge in [0, 0.05) is 11.8 Å². The molecule has 0 spiro atoms. The van der Waals surface area contributed by atoms with Crippen LogP contribution in [-0.2, 0) is 9.68 Å². The Morgan fingerprint density at radius 2 is 2.33 bits per heavy atom. The van der Waals surface area contributed by atoms with Crippen LogP contribution in [0.2, 0.25) is 0 Å². The first kappa shape index (κ1) is 10.4. The maximum atomic E-state index is 10.0. The second-order valence-corrected chi connectivity index (χ2v) is 1.82. The zero-order valence-corrected chi connectivity index (χ0v) is 6.73. The van der Waals surface area contributed by atoms with Gasteiger partial charge in [0.05, 0.1) is 0 Å². The molecule has 0 aromatic heterocycles. The summed E-state index contributed by atoms with van der Waals surface area (Å²) >= 11 is 0. The average molecular weight is 169 g/mol. The van der Waals surface area contributed by atoms with Crippen molar-refractivity contribution in [2.24, 2.45) is 0 Å². The van der Waals surface area contributed by atoms with Gasteiger partial charge in [-0.3, -0.25) is 4.79 Å². The van der Waals surface area contributed by atoms with Crippen molar-refractivity contribution in [3.8, 4) is 0 Å². The fourth-order valence-electron chi connectivity index (χ4n) is 0.523. The Balaban J connectivity index is 4.20. The molecule has 0 fully saturated rings. The van der Waals surface area contributed by atoms with Gasteiger partial charge in [-0.15, -0.1) is 0 Å². The van der Waals surface area contributed by atoms with E-state index in [4.69, 9.17) is 5.26 Å². The largest absolute Gasteiger partial charge is 0.348 e. The third-order valence-corrected chi connectivity index (χ3v) is 1.00. The fourth-order valence-corrected chi connectivity index (χ4v) is 0.523. The number of hydrogen-bond acceptors (Lipinski definition) is 3. The van der Waals surface area contributed by atoms with E-state index in [1.54, 1.807) is 18.2 Å². The Morgan fingerprint density at radius 3 is 2.83 bits per heavy atom. The molecule has 4 nitrogen and oxygen atoms in total. The van der Waals surface area contributed by atoms with E-state index in [0.717, 1.165) is 6.26 Å². The lowest BCUT2D eigenvalue weighted by atomic mass is 10.3. The normalized spacial score (nSPS) is 12.3. The van der Waals surface area contributed by atoms with Gasteiger partial charge in [0.25, 0.3) is 0 Å². The lowest BCUT2D eigenvalue weighted by Crippen LogP contribution is -2.07.